The van der Waals surface area contributed by atoms with Gasteiger partial charge in [0.15, 0.2) is 11.6 Å². The zero-order valence-electron chi connectivity index (χ0n) is 35.1. The molecule has 0 fully saturated rings. The van der Waals surface area contributed by atoms with E-state index < -0.39 is 0 Å². The standard InChI is InChI=1S/C58H40N6/c1-37-25-33-51-48(35-37)45-31-28-41(36-53(45)63(51)42-19-9-4-10-20-42)57-59-56(40-17-7-3-8-18-40)60-58(61-57)64-49-23-13-11-21-44(49)46-32-34-52-54(55(46)64)47-22-12-14-24-50(47)62(52)43-29-26-39(27-30-43)38-15-5-2-6-16-38/h2-34,36-37H,35H2,1H3. The van der Waals surface area contributed by atoms with Crippen LogP contribution in [0.15, 0.2) is 200 Å². The van der Waals surface area contributed by atoms with Crippen LogP contribution < -0.4 is 0 Å². The highest BCUT2D eigenvalue weighted by Gasteiger charge is 2.25. The Bertz CT molecular complexity index is 3800. The fourth-order valence-electron chi connectivity index (χ4n) is 10.1. The molecule has 6 heteroatoms. The van der Waals surface area contributed by atoms with Gasteiger partial charge in [-0.25, -0.2) is 4.98 Å². The first-order valence-electron chi connectivity index (χ1n) is 22.0. The van der Waals surface area contributed by atoms with Crippen LogP contribution in [0.1, 0.15) is 18.2 Å². The third-order valence-electron chi connectivity index (χ3n) is 13.1. The van der Waals surface area contributed by atoms with E-state index in [-0.39, 0.29) is 0 Å². The van der Waals surface area contributed by atoms with Gasteiger partial charge in [-0.1, -0.05) is 159 Å². The summed E-state index contributed by atoms with van der Waals surface area (Å²) >= 11 is 0. The Labute approximate surface area is 369 Å². The molecule has 1 unspecified atom stereocenters. The molecule has 0 radical (unpaired) electrons. The normalized spacial score (nSPS) is 13.7. The second kappa shape index (κ2) is 14.4. The highest BCUT2D eigenvalue weighted by molar-refractivity contribution is 6.26. The number of benzene rings is 8. The maximum atomic E-state index is 5.48. The number of rotatable bonds is 6. The van der Waals surface area contributed by atoms with Gasteiger partial charge in [0.2, 0.25) is 5.95 Å². The van der Waals surface area contributed by atoms with Crippen LogP contribution >= 0.6 is 0 Å². The predicted octanol–water partition coefficient (Wildman–Crippen LogP) is 14.2. The van der Waals surface area contributed by atoms with E-state index in [2.05, 4.69) is 209 Å². The zero-order chi connectivity index (χ0) is 42.3. The van der Waals surface area contributed by atoms with E-state index >= 15 is 0 Å². The van der Waals surface area contributed by atoms with Gasteiger partial charge in [-0.3, -0.25) is 4.57 Å². The van der Waals surface area contributed by atoms with Crippen molar-refractivity contribution in [3.05, 3.63) is 211 Å². The molecule has 1 aliphatic rings. The maximum Gasteiger partial charge on any atom is 0.238 e. The lowest BCUT2D eigenvalue weighted by atomic mass is 9.93. The van der Waals surface area contributed by atoms with Gasteiger partial charge >= 0.3 is 0 Å². The van der Waals surface area contributed by atoms with Crippen LogP contribution in [0.25, 0.3) is 112 Å². The average Bonchev–Trinajstić information content (AvgIpc) is 4.00. The van der Waals surface area contributed by atoms with Gasteiger partial charge in [-0.15, -0.1) is 0 Å². The van der Waals surface area contributed by atoms with Crippen molar-refractivity contribution in [1.82, 2.24) is 28.7 Å². The molecule has 0 saturated heterocycles. The Hall–Kier alpha value is -8.35. The van der Waals surface area contributed by atoms with Crippen molar-refractivity contribution < 1.29 is 0 Å². The maximum absolute atomic E-state index is 5.48. The van der Waals surface area contributed by atoms with Crippen LogP contribution in [0.5, 0.6) is 0 Å². The van der Waals surface area contributed by atoms with E-state index in [0.29, 0.717) is 23.5 Å². The summed E-state index contributed by atoms with van der Waals surface area (Å²) < 4.78 is 7.06. The molecule has 0 saturated carbocycles. The van der Waals surface area contributed by atoms with Gasteiger partial charge in [-0.2, -0.15) is 9.97 Å². The van der Waals surface area contributed by atoms with E-state index in [4.69, 9.17) is 15.0 Å². The second-order valence-electron chi connectivity index (χ2n) is 16.9. The first-order valence-corrected chi connectivity index (χ1v) is 22.0. The van der Waals surface area contributed by atoms with Gasteiger partial charge in [0.1, 0.15) is 0 Å². The molecule has 1 atom stereocenters. The first-order chi connectivity index (χ1) is 31.7. The molecule has 0 amide bonds. The van der Waals surface area contributed by atoms with Crippen molar-refractivity contribution in [1.29, 1.82) is 0 Å². The lowest BCUT2D eigenvalue weighted by Crippen LogP contribution is -2.06. The van der Waals surface area contributed by atoms with E-state index in [9.17, 15) is 0 Å². The number of hydrogen-bond donors (Lipinski definition) is 0. The number of aromatic nitrogens is 6. The fourth-order valence-corrected chi connectivity index (χ4v) is 10.1. The summed E-state index contributed by atoms with van der Waals surface area (Å²) in [5.41, 5.74) is 14.6. The Morgan fingerprint density at radius 3 is 1.75 bits per heavy atom. The smallest absolute Gasteiger partial charge is 0.238 e. The highest BCUT2D eigenvalue weighted by Crippen LogP contribution is 2.43. The van der Waals surface area contributed by atoms with Gasteiger partial charge in [0.05, 0.1) is 27.6 Å². The number of nitrogens with zero attached hydrogens (tertiary/aromatic N) is 6. The van der Waals surface area contributed by atoms with Gasteiger partial charge in [0.25, 0.3) is 0 Å². The quantitative estimate of drug-likeness (QED) is 0.168. The molecule has 0 spiro atoms. The molecule has 0 bridgehead atoms. The Morgan fingerprint density at radius 1 is 0.422 bits per heavy atom. The average molecular weight is 821 g/mol. The van der Waals surface area contributed by atoms with Gasteiger partial charge < -0.3 is 9.13 Å². The van der Waals surface area contributed by atoms with Crippen molar-refractivity contribution in [3.63, 3.8) is 0 Å². The third kappa shape index (κ3) is 5.62. The summed E-state index contributed by atoms with van der Waals surface area (Å²) in [6.45, 7) is 2.29. The number of fused-ring (bicyclic) bond motifs is 10. The van der Waals surface area contributed by atoms with E-state index in [0.717, 1.165) is 78.1 Å². The molecule has 64 heavy (non-hydrogen) atoms. The summed E-state index contributed by atoms with van der Waals surface area (Å²) in [6, 6.07) is 69.1. The largest absolute Gasteiger partial charge is 0.310 e. The molecule has 13 rings (SSSR count). The molecule has 4 aromatic heterocycles. The van der Waals surface area contributed by atoms with E-state index in [1.165, 1.54) is 27.8 Å². The summed E-state index contributed by atoms with van der Waals surface area (Å²) in [4.78, 5) is 16.1. The van der Waals surface area contributed by atoms with Crippen molar-refractivity contribution in [3.8, 4) is 51.2 Å². The van der Waals surface area contributed by atoms with Crippen LogP contribution in [0.4, 0.5) is 0 Å². The van der Waals surface area contributed by atoms with Crippen molar-refractivity contribution in [2.75, 3.05) is 0 Å². The van der Waals surface area contributed by atoms with Crippen LogP contribution in [0, 0.1) is 5.92 Å². The molecule has 12 aromatic rings. The highest BCUT2D eigenvalue weighted by atomic mass is 15.2. The minimum Gasteiger partial charge on any atom is -0.310 e. The minimum absolute atomic E-state index is 0.466. The second-order valence-corrected chi connectivity index (χ2v) is 16.9. The van der Waals surface area contributed by atoms with Crippen molar-refractivity contribution in [2.24, 2.45) is 5.92 Å². The number of hydrogen-bond acceptors (Lipinski definition) is 3. The van der Waals surface area contributed by atoms with E-state index in [1.54, 1.807) is 0 Å². The summed E-state index contributed by atoms with van der Waals surface area (Å²) in [7, 11) is 0. The Kier molecular flexibility index (Phi) is 8.15. The predicted molar refractivity (Wildman–Crippen MR) is 264 cm³/mol. The topological polar surface area (TPSA) is 53.5 Å². The summed E-state index contributed by atoms with van der Waals surface area (Å²) in [6.07, 6.45) is 5.62. The molecule has 4 heterocycles. The fraction of sp³-hybridized carbons (Fsp3) is 0.0517. The number of allylic oxidation sites excluding steroid dienone is 1. The van der Waals surface area contributed by atoms with Crippen LogP contribution in [0.2, 0.25) is 0 Å². The molecule has 302 valence electrons. The Morgan fingerprint density at radius 2 is 1.00 bits per heavy atom. The zero-order valence-corrected chi connectivity index (χ0v) is 35.1. The monoisotopic (exact) mass is 820 g/mol. The van der Waals surface area contributed by atoms with E-state index in [1.807, 2.05) is 18.2 Å². The summed E-state index contributed by atoms with van der Waals surface area (Å²) in [5.74, 6) is 2.27. The first kappa shape index (κ1) is 36.3. The molecule has 0 aliphatic heterocycles. The van der Waals surface area contributed by atoms with Crippen LogP contribution in [0.3, 0.4) is 0 Å². The molecule has 1 aliphatic carbocycles. The number of para-hydroxylation sites is 3. The lowest BCUT2D eigenvalue weighted by molar-refractivity contribution is 0.718. The van der Waals surface area contributed by atoms with Crippen LogP contribution in [-0.2, 0) is 6.42 Å². The SMILES string of the molecule is CC1C=Cc2c(c3ccc(-c4nc(-c5ccccc5)nc(-n5c6ccccc6c6ccc7c(c8ccccc8n7-c7ccc(-c8ccccc8)cc7)c65)n4)cc3n2-c2ccccc2)C1. The van der Waals surface area contributed by atoms with Gasteiger partial charge in [-0.05, 0) is 83.6 Å². The molecular weight excluding hydrogens is 781 g/mol. The lowest BCUT2D eigenvalue weighted by Gasteiger charge is -2.15. The van der Waals surface area contributed by atoms with Crippen molar-refractivity contribution in [2.45, 2.75) is 13.3 Å². The molecule has 8 aromatic carbocycles. The third-order valence-corrected chi connectivity index (χ3v) is 13.1. The molecular formula is C58H40N6. The summed E-state index contributed by atoms with van der Waals surface area (Å²) in [5, 5.41) is 5.85. The van der Waals surface area contributed by atoms with Crippen LogP contribution in [-0.4, -0.2) is 28.7 Å². The minimum atomic E-state index is 0.466. The Balaban J connectivity index is 1.08. The van der Waals surface area contributed by atoms with Crippen molar-refractivity contribution >= 4 is 60.6 Å². The van der Waals surface area contributed by atoms with Gasteiger partial charge in [0, 0.05) is 55.1 Å². The molecule has 6 nitrogen and oxygen atoms in total. The molecule has 0 N–H and O–H groups in total.